The van der Waals surface area contributed by atoms with E-state index in [2.05, 4.69) is 146 Å². The molecule has 0 radical (unpaired) electrons. The van der Waals surface area contributed by atoms with Crippen LogP contribution in [0, 0.1) is 0 Å². The van der Waals surface area contributed by atoms with Crippen molar-refractivity contribution in [1.29, 1.82) is 0 Å². The first kappa shape index (κ1) is 28.3. The number of aromatic nitrogens is 3. The number of para-hydroxylation sites is 3. The van der Waals surface area contributed by atoms with Gasteiger partial charge < -0.3 is 8.98 Å². The van der Waals surface area contributed by atoms with Crippen molar-refractivity contribution in [2.45, 2.75) is 19.3 Å². The van der Waals surface area contributed by atoms with Gasteiger partial charge in [0.15, 0.2) is 5.82 Å². The highest BCUT2D eigenvalue weighted by Crippen LogP contribution is 2.53. The van der Waals surface area contributed by atoms with Gasteiger partial charge in [0.05, 0.1) is 22.2 Å². The van der Waals surface area contributed by atoms with E-state index in [0.717, 1.165) is 50.4 Å². The van der Waals surface area contributed by atoms with Gasteiger partial charge in [-0.2, -0.15) is 0 Å². The summed E-state index contributed by atoms with van der Waals surface area (Å²) in [5, 5.41) is 5.87. The minimum absolute atomic E-state index is 0.180. The fourth-order valence-electron chi connectivity index (χ4n) is 8.47. The number of rotatable bonds is 3. The van der Waals surface area contributed by atoms with Gasteiger partial charge in [0.25, 0.3) is 0 Å². The molecule has 0 bridgehead atoms. The van der Waals surface area contributed by atoms with Gasteiger partial charge in [-0.25, -0.2) is 9.97 Å². The van der Waals surface area contributed by atoms with Crippen LogP contribution in [0.25, 0.3) is 94.1 Å². The van der Waals surface area contributed by atoms with Gasteiger partial charge >= 0.3 is 0 Å². The molecule has 240 valence electrons. The number of fused-ring (bicyclic) bond motifs is 10. The number of benzene rings is 7. The molecule has 3 heterocycles. The summed E-state index contributed by atoms with van der Waals surface area (Å²) < 4.78 is 8.77. The van der Waals surface area contributed by atoms with Gasteiger partial charge in [0.2, 0.25) is 0 Å². The molecule has 0 unspecified atom stereocenters. The predicted molar refractivity (Wildman–Crippen MR) is 210 cm³/mol. The Morgan fingerprint density at radius 3 is 2.02 bits per heavy atom. The molecule has 0 atom stereocenters. The lowest BCUT2D eigenvalue weighted by Gasteiger charge is -2.22. The zero-order valence-electron chi connectivity index (χ0n) is 28.2. The van der Waals surface area contributed by atoms with Gasteiger partial charge in [-0.1, -0.05) is 98.8 Å². The Hall–Kier alpha value is -6.52. The predicted octanol–water partition coefficient (Wildman–Crippen LogP) is 12.3. The van der Waals surface area contributed by atoms with Crippen molar-refractivity contribution in [1.82, 2.24) is 14.5 Å². The lowest BCUT2D eigenvalue weighted by molar-refractivity contribution is 0.658. The molecular weight excluding hydrogens is 623 g/mol. The summed E-state index contributed by atoms with van der Waals surface area (Å²) in [5.41, 5.74) is 14.3. The highest BCUT2D eigenvalue weighted by molar-refractivity contribution is 6.13. The lowest BCUT2D eigenvalue weighted by Crippen LogP contribution is -2.15. The number of hydrogen-bond acceptors (Lipinski definition) is 3. The molecule has 4 nitrogen and oxygen atoms in total. The van der Waals surface area contributed by atoms with Crippen molar-refractivity contribution in [2.24, 2.45) is 0 Å². The smallest absolute Gasteiger partial charge is 0.160 e. The molecule has 3 aromatic heterocycles. The average molecular weight is 654 g/mol. The highest BCUT2D eigenvalue weighted by Gasteiger charge is 2.37. The molecule has 0 amide bonds. The number of furan rings is 1. The van der Waals surface area contributed by atoms with Crippen LogP contribution in [-0.2, 0) is 5.41 Å². The second-order valence-electron chi connectivity index (χ2n) is 14.2. The van der Waals surface area contributed by atoms with Crippen LogP contribution in [0.2, 0.25) is 0 Å². The molecule has 1 aliphatic rings. The fourth-order valence-corrected chi connectivity index (χ4v) is 8.47. The molecule has 51 heavy (non-hydrogen) atoms. The van der Waals surface area contributed by atoms with Crippen molar-refractivity contribution >= 4 is 54.6 Å². The Bertz CT molecular complexity index is 3040. The van der Waals surface area contributed by atoms with Crippen LogP contribution in [-0.4, -0.2) is 14.5 Å². The maximum Gasteiger partial charge on any atom is 0.160 e. The van der Waals surface area contributed by atoms with Gasteiger partial charge in [-0.3, -0.25) is 0 Å². The van der Waals surface area contributed by atoms with Crippen molar-refractivity contribution in [3.8, 4) is 39.5 Å². The third-order valence-corrected chi connectivity index (χ3v) is 11.0. The molecule has 0 spiro atoms. The molecule has 4 heteroatoms. The summed E-state index contributed by atoms with van der Waals surface area (Å²) in [7, 11) is 0. The van der Waals surface area contributed by atoms with Gasteiger partial charge in [0.1, 0.15) is 11.2 Å². The zero-order valence-corrected chi connectivity index (χ0v) is 28.2. The SMILES string of the molecule is CC1(C)c2cc3c(cc2-c2cc4c5ccccc5n(-c5ccc(-c6nc(-c7ccccc7)c7ccccc7n6)cc5)c4cc21)oc1ccccc13. The van der Waals surface area contributed by atoms with Crippen LogP contribution < -0.4 is 0 Å². The van der Waals surface area contributed by atoms with Crippen molar-refractivity contribution in [3.63, 3.8) is 0 Å². The normalized spacial score (nSPS) is 13.5. The standard InChI is InChI=1S/C47H31N3O/c1-47(2)38-25-37-32-15-8-11-19-43(32)51-44(37)26-35(38)34-24-36-31-14-7-10-18-41(31)50(42(36)27-39(34)47)30-22-20-29(21-23-30)46-48-40-17-9-6-16-33(40)45(49-46)28-12-4-3-5-13-28/h3-27H,1-2H3. The molecule has 1 aliphatic carbocycles. The second-order valence-corrected chi connectivity index (χ2v) is 14.2. The summed E-state index contributed by atoms with van der Waals surface area (Å²) in [6.07, 6.45) is 0. The van der Waals surface area contributed by atoms with Gasteiger partial charge in [-0.15, -0.1) is 0 Å². The van der Waals surface area contributed by atoms with Gasteiger partial charge in [-0.05, 0) is 89.0 Å². The van der Waals surface area contributed by atoms with Crippen LogP contribution in [0.5, 0.6) is 0 Å². The Morgan fingerprint density at radius 1 is 0.490 bits per heavy atom. The Kier molecular flexibility index (Phi) is 5.70. The van der Waals surface area contributed by atoms with E-state index in [1.54, 1.807) is 0 Å². The first-order valence-electron chi connectivity index (χ1n) is 17.5. The van der Waals surface area contributed by atoms with Crippen LogP contribution in [0.1, 0.15) is 25.0 Å². The van der Waals surface area contributed by atoms with E-state index in [0.29, 0.717) is 0 Å². The monoisotopic (exact) mass is 653 g/mol. The van der Waals surface area contributed by atoms with Gasteiger partial charge in [0, 0.05) is 49.2 Å². The van der Waals surface area contributed by atoms with Crippen molar-refractivity contribution in [3.05, 3.63) is 163 Å². The first-order valence-corrected chi connectivity index (χ1v) is 17.5. The fraction of sp³-hybridized carbons (Fsp3) is 0.0638. The topological polar surface area (TPSA) is 43.9 Å². The molecule has 0 saturated heterocycles. The molecule has 10 aromatic rings. The van der Waals surface area contributed by atoms with Crippen LogP contribution in [0.4, 0.5) is 0 Å². The molecule has 7 aromatic carbocycles. The largest absolute Gasteiger partial charge is 0.456 e. The third-order valence-electron chi connectivity index (χ3n) is 11.0. The third kappa shape index (κ3) is 4.02. The number of hydrogen-bond donors (Lipinski definition) is 0. The van der Waals surface area contributed by atoms with E-state index in [-0.39, 0.29) is 5.41 Å². The molecule has 11 rings (SSSR count). The molecular formula is C47H31N3O. The zero-order chi connectivity index (χ0) is 33.8. The summed E-state index contributed by atoms with van der Waals surface area (Å²) in [6, 6.07) is 53.9. The van der Waals surface area contributed by atoms with Crippen LogP contribution in [0.15, 0.2) is 156 Å². The van der Waals surface area contributed by atoms with E-state index in [9.17, 15) is 0 Å². The summed E-state index contributed by atoms with van der Waals surface area (Å²) >= 11 is 0. The van der Waals surface area contributed by atoms with Crippen molar-refractivity contribution < 1.29 is 4.42 Å². The molecule has 0 aliphatic heterocycles. The van der Waals surface area contributed by atoms with Crippen molar-refractivity contribution in [2.75, 3.05) is 0 Å². The van der Waals surface area contributed by atoms with Crippen LogP contribution >= 0.6 is 0 Å². The second kappa shape index (κ2) is 10.3. The Morgan fingerprint density at radius 2 is 1.18 bits per heavy atom. The maximum atomic E-state index is 6.36. The van der Waals surface area contributed by atoms with E-state index < -0.39 is 0 Å². The summed E-state index contributed by atoms with van der Waals surface area (Å²) in [4.78, 5) is 10.1. The van der Waals surface area contributed by atoms with E-state index >= 15 is 0 Å². The van der Waals surface area contributed by atoms with Crippen LogP contribution in [0.3, 0.4) is 0 Å². The average Bonchev–Trinajstić information content (AvgIpc) is 3.78. The number of nitrogens with zero attached hydrogens (tertiary/aromatic N) is 3. The Balaban J connectivity index is 1.08. The minimum Gasteiger partial charge on any atom is -0.456 e. The lowest BCUT2D eigenvalue weighted by atomic mass is 9.82. The van der Waals surface area contributed by atoms with E-state index in [1.807, 2.05) is 24.3 Å². The van der Waals surface area contributed by atoms with E-state index in [4.69, 9.17) is 14.4 Å². The van der Waals surface area contributed by atoms with E-state index in [1.165, 1.54) is 54.8 Å². The molecule has 0 saturated carbocycles. The Labute approximate surface area is 294 Å². The quantitative estimate of drug-likeness (QED) is 0.191. The summed E-state index contributed by atoms with van der Waals surface area (Å²) in [5.74, 6) is 0.720. The molecule has 0 fully saturated rings. The highest BCUT2D eigenvalue weighted by atomic mass is 16.3. The first-order chi connectivity index (χ1) is 25.0. The molecule has 0 N–H and O–H groups in total. The maximum absolute atomic E-state index is 6.36. The minimum atomic E-state index is -0.180. The summed E-state index contributed by atoms with van der Waals surface area (Å²) in [6.45, 7) is 4.71.